The average Bonchev–Trinajstić information content (AvgIpc) is 3.06. The molecule has 4 aliphatic carbocycles. The van der Waals surface area contributed by atoms with Gasteiger partial charge in [0.15, 0.2) is 5.88 Å². The maximum absolute atomic E-state index is 12.3. The third-order valence-electron chi connectivity index (χ3n) is 10.1. The van der Waals surface area contributed by atoms with Crippen molar-refractivity contribution in [3.63, 3.8) is 0 Å². The van der Waals surface area contributed by atoms with Crippen LogP contribution < -0.4 is 10.9 Å². The molecule has 3 fully saturated rings. The molecular weight excluding hydrogens is 414 g/mol. The first kappa shape index (κ1) is 22.8. The highest BCUT2D eigenvalue weighted by Gasteiger charge is 2.66. The molecule has 5 rings (SSSR count). The number of aliphatic hydroxyl groups is 1. The van der Waals surface area contributed by atoms with Gasteiger partial charge in [-0.3, -0.25) is 0 Å². The van der Waals surface area contributed by atoms with E-state index in [4.69, 9.17) is 9.15 Å². The molecule has 3 saturated carbocycles. The normalized spacial score (nSPS) is 41.9. The summed E-state index contributed by atoms with van der Waals surface area (Å²) in [5, 5.41) is 15.5. The van der Waals surface area contributed by atoms with Crippen LogP contribution in [0.25, 0.3) is 0 Å². The zero-order valence-corrected chi connectivity index (χ0v) is 20.4. The summed E-state index contributed by atoms with van der Waals surface area (Å²) in [6.45, 7) is 11.6. The minimum Gasteiger partial charge on any atom is -0.472 e. The summed E-state index contributed by atoms with van der Waals surface area (Å²) in [4.78, 5) is 11.5. The molecule has 1 aromatic heterocycles. The topological polar surface area (TPSA) is 71.7 Å². The van der Waals surface area contributed by atoms with Crippen LogP contribution in [0.3, 0.4) is 0 Å². The Morgan fingerprint density at radius 2 is 2.00 bits per heavy atom. The van der Waals surface area contributed by atoms with Crippen LogP contribution in [0, 0.1) is 22.7 Å². The molecule has 0 spiro atoms. The Kier molecular flexibility index (Phi) is 5.55. The smallest absolute Gasteiger partial charge is 0.335 e. The van der Waals surface area contributed by atoms with Gasteiger partial charge >= 0.3 is 5.63 Å². The maximum atomic E-state index is 12.3. The first-order valence-corrected chi connectivity index (χ1v) is 12.8. The largest absolute Gasteiger partial charge is 0.472 e. The van der Waals surface area contributed by atoms with Gasteiger partial charge in [0.05, 0.1) is 11.9 Å². The van der Waals surface area contributed by atoms with Gasteiger partial charge in [-0.25, -0.2) is 4.79 Å². The lowest BCUT2D eigenvalue weighted by Crippen LogP contribution is -2.60. The van der Waals surface area contributed by atoms with Crippen LogP contribution in [-0.4, -0.2) is 23.4 Å². The van der Waals surface area contributed by atoms with Gasteiger partial charge in [0.1, 0.15) is 6.10 Å². The monoisotopic (exact) mass is 453 g/mol. The molecule has 4 aliphatic rings. The fourth-order valence-electron chi connectivity index (χ4n) is 8.28. The first-order valence-electron chi connectivity index (χ1n) is 12.8. The molecule has 0 aromatic carbocycles. The summed E-state index contributed by atoms with van der Waals surface area (Å²) in [7, 11) is 0. The number of fused-ring (bicyclic) bond motifs is 5. The lowest BCUT2D eigenvalue weighted by Gasteiger charge is -2.61. The molecule has 2 N–H and O–H groups in total. The number of ether oxygens (including phenoxy) is 1. The minimum absolute atomic E-state index is 0.0942. The molecule has 0 saturated heterocycles. The summed E-state index contributed by atoms with van der Waals surface area (Å²) >= 11 is 0. The van der Waals surface area contributed by atoms with Crippen molar-refractivity contribution < 1.29 is 14.3 Å². The fraction of sp³-hybridized carbons (Fsp3) is 0.679. The second-order valence-corrected chi connectivity index (χ2v) is 11.4. The molecule has 1 heterocycles. The van der Waals surface area contributed by atoms with E-state index in [1.165, 1.54) is 11.6 Å². The Balaban J connectivity index is 1.40. The molecular formula is C28H39NO4. The summed E-state index contributed by atoms with van der Waals surface area (Å²) in [6, 6.07) is 3.43. The lowest BCUT2D eigenvalue weighted by atomic mass is 9.45. The fourth-order valence-corrected chi connectivity index (χ4v) is 8.28. The Morgan fingerprint density at radius 1 is 1.18 bits per heavy atom. The lowest BCUT2D eigenvalue weighted by molar-refractivity contribution is -0.178. The van der Waals surface area contributed by atoms with Crippen LogP contribution >= 0.6 is 0 Å². The van der Waals surface area contributed by atoms with Crippen molar-refractivity contribution >= 4 is 0 Å². The molecule has 5 nitrogen and oxygen atoms in total. The van der Waals surface area contributed by atoms with Gasteiger partial charge in [0.25, 0.3) is 0 Å². The number of hydrogen-bond donors (Lipinski definition) is 2. The summed E-state index contributed by atoms with van der Waals surface area (Å²) in [5.74, 6) is 1.71. The van der Waals surface area contributed by atoms with Crippen LogP contribution in [0.15, 0.2) is 51.7 Å². The van der Waals surface area contributed by atoms with Crippen LogP contribution in [0.1, 0.15) is 83.6 Å². The second-order valence-electron chi connectivity index (χ2n) is 11.4. The van der Waals surface area contributed by atoms with E-state index in [2.05, 4.69) is 38.7 Å². The summed E-state index contributed by atoms with van der Waals surface area (Å²) in [5.41, 5.74) is 1.56. The zero-order chi connectivity index (χ0) is 23.4. The van der Waals surface area contributed by atoms with Crippen LogP contribution in [0.4, 0.5) is 0 Å². The van der Waals surface area contributed by atoms with Crippen molar-refractivity contribution in [2.45, 2.75) is 89.8 Å². The average molecular weight is 454 g/mol. The van der Waals surface area contributed by atoms with Gasteiger partial charge in [-0.05, 0) is 106 Å². The van der Waals surface area contributed by atoms with E-state index < -0.39 is 5.60 Å². The predicted molar refractivity (Wildman–Crippen MR) is 129 cm³/mol. The molecule has 0 radical (unpaired) electrons. The number of allylic oxidation sites excluding steroid dienone is 1. The van der Waals surface area contributed by atoms with E-state index in [1.54, 1.807) is 6.26 Å². The van der Waals surface area contributed by atoms with Gasteiger partial charge in [-0.1, -0.05) is 19.4 Å². The number of nitrogens with one attached hydrogen (secondary N) is 1. The zero-order valence-electron chi connectivity index (χ0n) is 20.4. The highest BCUT2D eigenvalue weighted by atomic mass is 16.5. The summed E-state index contributed by atoms with van der Waals surface area (Å²) in [6.07, 6.45) is 12.2. The van der Waals surface area contributed by atoms with Gasteiger partial charge < -0.3 is 19.6 Å². The SMILES string of the molecule is C=C(NCC)O[C@@H]1C=C2CCC3C(CC[C@]4(C)[C@@H](c5ccc(=O)oc5)CC[C@]34O)[C@@]2(C)CC1. The maximum Gasteiger partial charge on any atom is 0.335 e. The highest BCUT2D eigenvalue weighted by molar-refractivity contribution is 5.31. The Labute approximate surface area is 197 Å². The molecule has 1 aromatic rings. The van der Waals surface area contributed by atoms with Crippen molar-refractivity contribution in [3.05, 3.63) is 58.5 Å². The third-order valence-corrected chi connectivity index (χ3v) is 10.1. The van der Waals surface area contributed by atoms with Gasteiger partial charge in [-0.2, -0.15) is 0 Å². The highest BCUT2D eigenvalue weighted by Crippen LogP contribution is 2.70. The predicted octanol–water partition coefficient (Wildman–Crippen LogP) is 5.27. The van der Waals surface area contributed by atoms with Crippen LogP contribution in [-0.2, 0) is 4.74 Å². The van der Waals surface area contributed by atoms with Crippen molar-refractivity contribution in [2.24, 2.45) is 22.7 Å². The first-order chi connectivity index (χ1) is 15.7. The standard InChI is InChI=1S/C28H39NO4/c1-5-29-18(2)33-21-10-13-26(3)20(16-21)7-8-24-23(26)11-14-27(4)22(12-15-28(24,27)31)19-6-9-25(30)32-17-19/h6,9,16-17,21-24,29,31H,2,5,7-8,10-15H2,1,3-4H3/t21-,22+,23?,24?,26-,27+,28-/m0/s1. The van der Waals surface area contributed by atoms with Crippen molar-refractivity contribution in [3.8, 4) is 0 Å². The van der Waals surface area contributed by atoms with E-state index in [9.17, 15) is 9.90 Å². The van der Waals surface area contributed by atoms with E-state index >= 15 is 0 Å². The molecule has 5 heteroatoms. The molecule has 2 unspecified atom stereocenters. The molecule has 0 aliphatic heterocycles. The Morgan fingerprint density at radius 3 is 2.73 bits per heavy atom. The van der Waals surface area contributed by atoms with Crippen LogP contribution in [0.5, 0.6) is 0 Å². The Bertz CT molecular complexity index is 993. The van der Waals surface area contributed by atoms with Gasteiger partial charge in [0, 0.05) is 18.0 Å². The molecule has 0 bridgehead atoms. The van der Waals surface area contributed by atoms with Crippen LogP contribution in [0.2, 0.25) is 0 Å². The molecule has 0 amide bonds. The van der Waals surface area contributed by atoms with Gasteiger partial charge in [-0.15, -0.1) is 0 Å². The van der Waals surface area contributed by atoms with Crippen molar-refractivity contribution in [1.82, 2.24) is 5.32 Å². The minimum atomic E-state index is -0.669. The van der Waals surface area contributed by atoms with E-state index in [0.29, 0.717) is 17.7 Å². The van der Waals surface area contributed by atoms with Gasteiger partial charge in [0.2, 0.25) is 0 Å². The molecule has 180 valence electrons. The van der Waals surface area contributed by atoms with E-state index in [1.807, 2.05) is 6.07 Å². The number of hydrogen-bond acceptors (Lipinski definition) is 5. The summed E-state index contributed by atoms with van der Waals surface area (Å²) < 4.78 is 11.3. The Hall–Kier alpha value is -2.01. The second kappa shape index (κ2) is 8.04. The van der Waals surface area contributed by atoms with E-state index in [0.717, 1.165) is 63.5 Å². The van der Waals surface area contributed by atoms with E-state index in [-0.39, 0.29) is 28.5 Å². The molecule has 7 atom stereocenters. The third kappa shape index (κ3) is 3.41. The van der Waals surface area contributed by atoms with Crippen molar-refractivity contribution in [2.75, 3.05) is 6.54 Å². The van der Waals surface area contributed by atoms with Crippen molar-refractivity contribution in [1.29, 1.82) is 0 Å². The quantitative estimate of drug-likeness (QED) is 0.470. The number of rotatable bonds is 5. The molecule has 33 heavy (non-hydrogen) atoms.